The van der Waals surface area contributed by atoms with Gasteiger partial charge < -0.3 is 15.4 Å². The molecule has 3 rings (SSSR count). The molecule has 1 amide bonds. The molecule has 0 atom stereocenters. The van der Waals surface area contributed by atoms with Gasteiger partial charge in [0, 0.05) is 12.7 Å². The lowest BCUT2D eigenvalue weighted by molar-refractivity contribution is -0.118. The summed E-state index contributed by atoms with van der Waals surface area (Å²) in [5.74, 6) is 0.808. The van der Waals surface area contributed by atoms with Gasteiger partial charge in [-0.25, -0.2) is 0 Å². The topological polar surface area (TPSA) is 68.5 Å². The number of nitrogens with zero attached hydrogens (tertiary/aromatic N) is 2. The molecule has 108 valence electrons. The number of amides is 1. The highest BCUT2D eigenvalue weighted by Crippen LogP contribution is 2.32. The van der Waals surface area contributed by atoms with Gasteiger partial charge in [-0.1, -0.05) is 12.1 Å². The van der Waals surface area contributed by atoms with E-state index >= 15 is 0 Å². The quantitative estimate of drug-likeness (QED) is 0.933. The Hall–Kier alpha value is -2.40. The van der Waals surface area contributed by atoms with Crippen molar-refractivity contribution in [3.8, 4) is 5.75 Å². The van der Waals surface area contributed by atoms with Crippen LogP contribution in [0.2, 0.25) is 0 Å². The highest BCUT2D eigenvalue weighted by Gasteiger charge is 2.23. The second-order valence-corrected chi connectivity index (χ2v) is 4.91. The first-order valence-corrected chi connectivity index (χ1v) is 6.94. The summed E-state index contributed by atoms with van der Waals surface area (Å²) in [6, 6.07) is 11.4. The van der Waals surface area contributed by atoms with Gasteiger partial charge in [0.15, 0.2) is 0 Å². The lowest BCUT2D eigenvalue weighted by Crippen LogP contribution is -2.29. The minimum Gasteiger partial charge on any atom is -0.491 e. The number of carbonyl (C=O) groups is 1. The number of rotatable bonds is 3. The predicted octanol–water partition coefficient (Wildman–Crippen LogP) is 1.86. The number of benzene rings is 1. The summed E-state index contributed by atoms with van der Waals surface area (Å²) in [5.41, 5.74) is 8.26. The molecule has 1 aromatic carbocycles. The van der Waals surface area contributed by atoms with Crippen molar-refractivity contribution in [3.63, 3.8) is 0 Å². The Labute approximate surface area is 123 Å². The van der Waals surface area contributed by atoms with Crippen molar-refractivity contribution in [1.82, 2.24) is 4.98 Å². The third kappa shape index (κ3) is 2.87. The van der Waals surface area contributed by atoms with E-state index in [9.17, 15) is 4.79 Å². The largest absolute Gasteiger partial charge is 0.491 e. The van der Waals surface area contributed by atoms with Gasteiger partial charge >= 0.3 is 0 Å². The first kappa shape index (κ1) is 13.6. The number of hydrogen-bond donors (Lipinski definition) is 1. The maximum absolute atomic E-state index is 12.3. The molecule has 1 aromatic heterocycles. The number of para-hydroxylation sites is 2. The monoisotopic (exact) mass is 283 g/mol. The molecule has 0 bridgehead atoms. The standard InChI is InChI=1S/C16H17N3O2/c17-10-13-9-12(5-7-18-13)11-19-14-3-1-2-4-15(14)21-8-6-16(19)20/h1-5,7,9H,6,8,10-11,17H2. The number of pyridine rings is 1. The summed E-state index contributed by atoms with van der Waals surface area (Å²) in [7, 11) is 0. The molecule has 2 N–H and O–H groups in total. The van der Waals surface area contributed by atoms with E-state index in [1.165, 1.54) is 0 Å². The zero-order valence-electron chi connectivity index (χ0n) is 11.7. The molecule has 2 heterocycles. The van der Waals surface area contributed by atoms with Crippen LogP contribution >= 0.6 is 0 Å². The summed E-state index contributed by atoms with van der Waals surface area (Å²) in [6.45, 7) is 1.30. The van der Waals surface area contributed by atoms with Gasteiger partial charge in [0.25, 0.3) is 0 Å². The SMILES string of the molecule is NCc1cc(CN2C(=O)CCOc3ccccc32)ccn1. The molecule has 0 saturated heterocycles. The zero-order chi connectivity index (χ0) is 14.7. The van der Waals surface area contributed by atoms with Crippen LogP contribution in [0, 0.1) is 0 Å². The Balaban J connectivity index is 1.93. The fraction of sp³-hybridized carbons (Fsp3) is 0.250. The molecule has 0 fully saturated rings. The number of hydrogen-bond acceptors (Lipinski definition) is 4. The average Bonchev–Trinajstić information content (AvgIpc) is 2.68. The van der Waals surface area contributed by atoms with Crippen LogP contribution in [-0.2, 0) is 17.9 Å². The van der Waals surface area contributed by atoms with Gasteiger partial charge in [-0.15, -0.1) is 0 Å². The van der Waals surface area contributed by atoms with Crippen molar-refractivity contribution in [3.05, 3.63) is 53.9 Å². The van der Waals surface area contributed by atoms with Crippen molar-refractivity contribution in [2.45, 2.75) is 19.5 Å². The molecule has 1 aliphatic heterocycles. The third-order valence-electron chi connectivity index (χ3n) is 3.46. The van der Waals surface area contributed by atoms with Gasteiger partial charge in [0.05, 0.1) is 31.0 Å². The second-order valence-electron chi connectivity index (χ2n) is 4.91. The van der Waals surface area contributed by atoms with E-state index < -0.39 is 0 Å². The third-order valence-corrected chi connectivity index (χ3v) is 3.46. The number of fused-ring (bicyclic) bond motifs is 1. The molecule has 5 nitrogen and oxygen atoms in total. The van der Waals surface area contributed by atoms with E-state index in [-0.39, 0.29) is 5.91 Å². The first-order valence-electron chi connectivity index (χ1n) is 6.94. The van der Waals surface area contributed by atoms with Crippen LogP contribution in [-0.4, -0.2) is 17.5 Å². The Morgan fingerprint density at radius 2 is 2.14 bits per heavy atom. The van der Waals surface area contributed by atoms with Gasteiger partial charge in [0.2, 0.25) is 5.91 Å². The van der Waals surface area contributed by atoms with Crippen LogP contribution in [0.5, 0.6) is 5.75 Å². The van der Waals surface area contributed by atoms with Gasteiger partial charge in [0.1, 0.15) is 5.75 Å². The van der Waals surface area contributed by atoms with Crippen LogP contribution in [0.1, 0.15) is 17.7 Å². The van der Waals surface area contributed by atoms with Gasteiger partial charge in [-0.2, -0.15) is 0 Å². The number of nitrogens with two attached hydrogens (primary N) is 1. The van der Waals surface area contributed by atoms with E-state index in [0.717, 1.165) is 22.7 Å². The summed E-state index contributed by atoms with van der Waals surface area (Å²) in [6.07, 6.45) is 2.10. The zero-order valence-corrected chi connectivity index (χ0v) is 11.7. The number of ether oxygens (including phenoxy) is 1. The minimum atomic E-state index is 0.0612. The van der Waals surface area contributed by atoms with Crippen molar-refractivity contribution >= 4 is 11.6 Å². The molecule has 2 aromatic rings. The van der Waals surface area contributed by atoms with Crippen molar-refractivity contribution in [2.75, 3.05) is 11.5 Å². The highest BCUT2D eigenvalue weighted by atomic mass is 16.5. The van der Waals surface area contributed by atoms with Crippen LogP contribution in [0.4, 0.5) is 5.69 Å². The normalized spacial score (nSPS) is 14.3. The summed E-state index contributed by atoms with van der Waals surface area (Å²) < 4.78 is 5.64. The summed E-state index contributed by atoms with van der Waals surface area (Å²) in [4.78, 5) is 18.3. The Morgan fingerprint density at radius 1 is 1.29 bits per heavy atom. The van der Waals surface area contributed by atoms with Gasteiger partial charge in [-0.3, -0.25) is 9.78 Å². The van der Waals surface area contributed by atoms with Crippen LogP contribution in [0.25, 0.3) is 0 Å². The maximum atomic E-state index is 12.3. The van der Waals surface area contributed by atoms with Gasteiger partial charge in [-0.05, 0) is 29.8 Å². The van der Waals surface area contributed by atoms with Crippen LogP contribution < -0.4 is 15.4 Å². The van der Waals surface area contributed by atoms with E-state index in [2.05, 4.69) is 4.98 Å². The molecular weight excluding hydrogens is 266 g/mol. The fourth-order valence-corrected chi connectivity index (χ4v) is 2.41. The molecule has 5 heteroatoms. The van der Waals surface area contributed by atoms with E-state index in [4.69, 9.17) is 10.5 Å². The Morgan fingerprint density at radius 3 is 3.00 bits per heavy atom. The molecule has 0 spiro atoms. The van der Waals surface area contributed by atoms with E-state index in [1.807, 2.05) is 36.4 Å². The Kier molecular flexibility index (Phi) is 3.83. The van der Waals surface area contributed by atoms with Crippen molar-refractivity contribution < 1.29 is 9.53 Å². The summed E-state index contributed by atoms with van der Waals surface area (Å²) in [5, 5.41) is 0. The number of anilines is 1. The number of carbonyl (C=O) groups excluding carboxylic acids is 1. The summed E-state index contributed by atoms with van der Waals surface area (Å²) >= 11 is 0. The lowest BCUT2D eigenvalue weighted by Gasteiger charge is -2.22. The molecule has 0 radical (unpaired) electrons. The molecule has 1 aliphatic rings. The molecule has 0 unspecified atom stereocenters. The highest BCUT2D eigenvalue weighted by molar-refractivity contribution is 5.95. The first-order chi connectivity index (χ1) is 10.3. The maximum Gasteiger partial charge on any atom is 0.230 e. The van der Waals surface area contributed by atoms with E-state index in [1.54, 1.807) is 11.1 Å². The van der Waals surface area contributed by atoms with Crippen molar-refractivity contribution in [2.24, 2.45) is 5.73 Å². The van der Waals surface area contributed by atoms with Crippen LogP contribution in [0.15, 0.2) is 42.6 Å². The molecule has 0 aliphatic carbocycles. The predicted molar refractivity (Wildman–Crippen MR) is 79.9 cm³/mol. The van der Waals surface area contributed by atoms with Crippen LogP contribution in [0.3, 0.4) is 0 Å². The second kappa shape index (κ2) is 5.93. The fourth-order valence-electron chi connectivity index (χ4n) is 2.41. The van der Waals surface area contributed by atoms with E-state index in [0.29, 0.717) is 26.1 Å². The Bertz CT molecular complexity index is 657. The molecule has 21 heavy (non-hydrogen) atoms. The lowest BCUT2D eigenvalue weighted by atomic mass is 10.2. The molecule has 0 saturated carbocycles. The molecular formula is C16H17N3O2. The smallest absolute Gasteiger partial charge is 0.230 e. The average molecular weight is 283 g/mol. The number of aromatic nitrogens is 1. The van der Waals surface area contributed by atoms with Crippen molar-refractivity contribution in [1.29, 1.82) is 0 Å². The minimum absolute atomic E-state index is 0.0612.